The SMILES string of the molecule is CN(C(=O)Cc1ccc(Cl)nc1)c1ccc(-c2cnc3[nH]c4ccc(CS(=O)c5ccccc5)cc4c3c2-c2ccccc2)cc1. The maximum absolute atomic E-state index is 13.2. The quantitative estimate of drug-likeness (QED) is 0.169. The lowest BCUT2D eigenvalue weighted by molar-refractivity contribution is -0.117. The van der Waals surface area contributed by atoms with Crippen LogP contribution in [0.4, 0.5) is 5.69 Å². The Balaban J connectivity index is 1.27. The van der Waals surface area contributed by atoms with Gasteiger partial charge in [-0.1, -0.05) is 84.4 Å². The van der Waals surface area contributed by atoms with Crippen molar-refractivity contribution >= 4 is 55.9 Å². The number of benzene rings is 4. The molecule has 8 heteroatoms. The number of carbonyl (C=O) groups excluding carboxylic acids is 1. The standard InChI is InChI=1S/C38H29ClN4O2S/c1-43(35(44)21-25-13-19-34(39)40-22-25)29-16-14-27(15-17-29)32-23-41-38-37(36(32)28-8-4-2-5-9-28)31-20-26(12-18-33(31)42-38)24-46(45)30-10-6-3-7-11-30/h2-20,22-23H,21,24H2,1H3,(H,41,42). The smallest absolute Gasteiger partial charge is 0.231 e. The van der Waals surface area contributed by atoms with Gasteiger partial charge in [0.05, 0.1) is 23.0 Å². The predicted molar refractivity (Wildman–Crippen MR) is 187 cm³/mol. The number of aromatic amines is 1. The molecule has 46 heavy (non-hydrogen) atoms. The Morgan fingerprint density at radius 1 is 0.804 bits per heavy atom. The van der Waals surface area contributed by atoms with Crippen molar-refractivity contribution < 1.29 is 9.00 Å². The van der Waals surface area contributed by atoms with Gasteiger partial charge in [0.2, 0.25) is 5.91 Å². The van der Waals surface area contributed by atoms with Crippen molar-refractivity contribution in [3.05, 3.63) is 144 Å². The molecule has 0 aliphatic carbocycles. The van der Waals surface area contributed by atoms with Gasteiger partial charge in [-0.15, -0.1) is 0 Å². The number of H-pyrrole nitrogens is 1. The molecule has 7 rings (SSSR count). The zero-order valence-corrected chi connectivity index (χ0v) is 26.6. The highest BCUT2D eigenvalue weighted by atomic mass is 35.5. The fraction of sp³-hybridized carbons (Fsp3) is 0.0789. The minimum atomic E-state index is -1.16. The van der Waals surface area contributed by atoms with Crippen molar-refractivity contribution in [2.24, 2.45) is 0 Å². The Bertz CT molecular complexity index is 2200. The van der Waals surface area contributed by atoms with Crippen LogP contribution in [-0.2, 0) is 27.8 Å². The molecule has 4 aromatic carbocycles. The molecule has 1 unspecified atom stereocenters. The number of aromatic nitrogens is 3. The number of pyridine rings is 2. The predicted octanol–water partition coefficient (Wildman–Crippen LogP) is 8.61. The largest absolute Gasteiger partial charge is 0.339 e. The normalized spacial score (nSPS) is 12.0. The second-order valence-corrected chi connectivity index (χ2v) is 12.9. The van der Waals surface area contributed by atoms with Crippen LogP contribution in [0.2, 0.25) is 5.15 Å². The number of likely N-dealkylation sites (N-methyl/N-ethyl adjacent to an activating group) is 1. The topological polar surface area (TPSA) is 79.0 Å². The zero-order valence-electron chi connectivity index (χ0n) is 25.0. The summed E-state index contributed by atoms with van der Waals surface area (Å²) in [5, 5.41) is 2.44. The van der Waals surface area contributed by atoms with Crippen LogP contribution < -0.4 is 4.90 Å². The lowest BCUT2D eigenvalue weighted by Gasteiger charge is -2.18. The van der Waals surface area contributed by atoms with Gasteiger partial charge < -0.3 is 9.88 Å². The Labute approximate surface area is 274 Å². The number of halogens is 1. The summed E-state index contributed by atoms with van der Waals surface area (Å²) in [7, 11) is 0.617. The van der Waals surface area contributed by atoms with E-state index >= 15 is 0 Å². The Hall–Kier alpha value is -5.11. The third-order valence-corrected chi connectivity index (χ3v) is 9.75. The summed E-state index contributed by atoms with van der Waals surface area (Å²) < 4.78 is 13.2. The first-order valence-electron chi connectivity index (χ1n) is 14.8. The average Bonchev–Trinajstić information content (AvgIpc) is 3.47. The van der Waals surface area contributed by atoms with Crippen molar-refractivity contribution in [2.45, 2.75) is 17.1 Å². The fourth-order valence-corrected chi connectivity index (χ4v) is 6.96. The molecule has 0 saturated heterocycles. The molecule has 1 amide bonds. The molecule has 0 saturated carbocycles. The monoisotopic (exact) mass is 640 g/mol. The van der Waals surface area contributed by atoms with Crippen LogP contribution in [0.5, 0.6) is 0 Å². The highest BCUT2D eigenvalue weighted by Crippen LogP contribution is 2.41. The van der Waals surface area contributed by atoms with E-state index in [0.29, 0.717) is 10.9 Å². The third kappa shape index (κ3) is 5.95. The molecule has 7 aromatic rings. The van der Waals surface area contributed by atoms with Gasteiger partial charge in [0, 0.05) is 57.4 Å². The van der Waals surface area contributed by atoms with E-state index in [-0.39, 0.29) is 12.3 Å². The van der Waals surface area contributed by atoms with Crippen molar-refractivity contribution in [3.63, 3.8) is 0 Å². The number of carbonyl (C=O) groups is 1. The summed E-state index contributed by atoms with van der Waals surface area (Å²) in [5.41, 5.74) is 8.43. The summed E-state index contributed by atoms with van der Waals surface area (Å²) in [6, 6.07) is 37.5. The van der Waals surface area contributed by atoms with Gasteiger partial charge in [-0.3, -0.25) is 9.00 Å². The second-order valence-electron chi connectivity index (χ2n) is 11.1. The molecule has 1 N–H and O–H groups in total. The van der Waals surface area contributed by atoms with Gasteiger partial charge in [0.1, 0.15) is 10.8 Å². The second kappa shape index (κ2) is 12.7. The Kier molecular flexibility index (Phi) is 8.18. The van der Waals surface area contributed by atoms with E-state index in [9.17, 15) is 9.00 Å². The lowest BCUT2D eigenvalue weighted by Crippen LogP contribution is -2.27. The number of rotatable bonds is 8. The highest BCUT2D eigenvalue weighted by Gasteiger charge is 2.19. The first-order valence-corrected chi connectivity index (χ1v) is 16.5. The first-order chi connectivity index (χ1) is 22.4. The molecular formula is C38H29ClN4O2S. The van der Waals surface area contributed by atoms with Crippen LogP contribution in [0, 0.1) is 0 Å². The van der Waals surface area contributed by atoms with E-state index in [1.807, 2.05) is 97.2 Å². The van der Waals surface area contributed by atoms with Crippen molar-refractivity contribution in [1.82, 2.24) is 15.0 Å². The minimum Gasteiger partial charge on any atom is -0.339 e. The minimum absolute atomic E-state index is 0.0484. The van der Waals surface area contributed by atoms with Crippen LogP contribution in [0.1, 0.15) is 11.1 Å². The molecule has 0 aliphatic heterocycles. The van der Waals surface area contributed by atoms with Gasteiger partial charge in [0.25, 0.3) is 0 Å². The van der Waals surface area contributed by atoms with E-state index in [4.69, 9.17) is 16.6 Å². The van der Waals surface area contributed by atoms with Crippen molar-refractivity contribution in [2.75, 3.05) is 11.9 Å². The molecule has 0 bridgehead atoms. The van der Waals surface area contributed by atoms with E-state index in [2.05, 4.69) is 28.2 Å². The molecule has 3 aromatic heterocycles. The van der Waals surface area contributed by atoms with Gasteiger partial charge in [-0.05, 0) is 64.7 Å². The van der Waals surface area contributed by atoms with Crippen LogP contribution in [0.3, 0.4) is 0 Å². The Morgan fingerprint density at radius 3 is 2.24 bits per heavy atom. The van der Waals surface area contributed by atoms with Gasteiger partial charge in [-0.25, -0.2) is 9.97 Å². The fourth-order valence-electron chi connectivity index (χ4n) is 5.74. The maximum Gasteiger partial charge on any atom is 0.231 e. The highest BCUT2D eigenvalue weighted by molar-refractivity contribution is 7.84. The summed E-state index contributed by atoms with van der Waals surface area (Å²) in [6.07, 6.45) is 3.76. The summed E-state index contributed by atoms with van der Waals surface area (Å²) >= 11 is 5.90. The molecule has 3 heterocycles. The summed E-state index contributed by atoms with van der Waals surface area (Å²) in [6.45, 7) is 0. The van der Waals surface area contributed by atoms with Gasteiger partial charge in [-0.2, -0.15) is 0 Å². The molecule has 1 atom stereocenters. The molecule has 0 spiro atoms. The third-order valence-electron chi connectivity index (χ3n) is 8.14. The molecule has 0 fully saturated rings. The number of anilines is 1. The molecule has 226 valence electrons. The summed E-state index contributed by atoms with van der Waals surface area (Å²) in [4.78, 5) is 27.9. The van der Waals surface area contributed by atoms with Crippen LogP contribution in [-0.4, -0.2) is 32.1 Å². The molecular weight excluding hydrogens is 612 g/mol. The number of nitrogens with zero attached hydrogens (tertiary/aromatic N) is 3. The van der Waals surface area contributed by atoms with E-state index < -0.39 is 10.8 Å². The van der Waals surface area contributed by atoms with Crippen LogP contribution >= 0.6 is 11.6 Å². The number of amides is 1. The van der Waals surface area contributed by atoms with Crippen molar-refractivity contribution in [1.29, 1.82) is 0 Å². The average molecular weight is 641 g/mol. The van der Waals surface area contributed by atoms with E-state index in [1.54, 1.807) is 24.2 Å². The number of fused-ring (bicyclic) bond motifs is 3. The zero-order chi connectivity index (χ0) is 31.6. The van der Waals surface area contributed by atoms with E-state index in [1.165, 1.54) is 0 Å². The maximum atomic E-state index is 13.2. The first kappa shape index (κ1) is 29.6. The van der Waals surface area contributed by atoms with Gasteiger partial charge in [0.15, 0.2) is 0 Å². The van der Waals surface area contributed by atoms with E-state index in [0.717, 1.165) is 65.9 Å². The molecule has 0 aliphatic rings. The Morgan fingerprint density at radius 2 is 1.52 bits per heavy atom. The number of nitrogens with one attached hydrogen (secondary N) is 1. The van der Waals surface area contributed by atoms with Gasteiger partial charge >= 0.3 is 0 Å². The van der Waals surface area contributed by atoms with Crippen molar-refractivity contribution in [3.8, 4) is 22.3 Å². The lowest BCUT2D eigenvalue weighted by atomic mass is 9.92. The molecule has 6 nitrogen and oxygen atoms in total. The molecule has 0 radical (unpaired) electrons. The van der Waals surface area contributed by atoms with Crippen LogP contribution in [0.15, 0.2) is 133 Å². The van der Waals surface area contributed by atoms with Crippen LogP contribution in [0.25, 0.3) is 44.2 Å². The summed E-state index contributed by atoms with van der Waals surface area (Å²) in [5.74, 6) is 0.371. The number of hydrogen-bond acceptors (Lipinski definition) is 4. The number of hydrogen-bond donors (Lipinski definition) is 1.